The fourth-order valence-electron chi connectivity index (χ4n) is 1.83. The quantitative estimate of drug-likeness (QED) is 0.718. The van der Waals surface area contributed by atoms with E-state index >= 15 is 0 Å². The molecule has 0 saturated carbocycles. The minimum absolute atomic E-state index is 0.0290. The van der Waals surface area contributed by atoms with Gasteiger partial charge in [0, 0.05) is 7.11 Å². The fraction of sp³-hybridized carbons (Fsp3) is 0.600. The minimum atomic E-state index is -0.558. The molecule has 0 aliphatic carbocycles. The highest BCUT2D eigenvalue weighted by atomic mass is 16.5. The second-order valence-electron chi connectivity index (χ2n) is 4.76. The van der Waals surface area contributed by atoms with Crippen molar-refractivity contribution < 1.29 is 19.7 Å². The van der Waals surface area contributed by atoms with Gasteiger partial charge in [-0.3, -0.25) is 0 Å². The van der Waals surface area contributed by atoms with E-state index in [-0.39, 0.29) is 12.7 Å². The summed E-state index contributed by atoms with van der Waals surface area (Å²) in [6.07, 6.45) is -0.0909. The Morgan fingerprint density at radius 2 is 1.74 bits per heavy atom. The van der Waals surface area contributed by atoms with Gasteiger partial charge in [0.15, 0.2) is 0 Å². The van der Waals surface area contributed by atoms with Gasteiger partial charge in [0.05, 0.1) is 31.5 Å². The Kier molecular flexibility index (Phi) is 7.67. The van der Waals surface area contributed by atoms with E-state index in [4.69, 9.17) is 9.47 Å². The van der Waals surface area contributed by atoms with Crippen LogP contribution < -0.4 is 0 Å². The Balaban J connectivity index is 2.21. The highest BCUT2D eigenvalue weighted by Crippen LogP contribution is 2.18. The van der Waals surface area contributed by atoms with Crippen LogP contribution in [0.15, 0.2) is 30.3 Å². The lowest BCUT2D eigenvalue weighted by Crippen LogP contribution is -2.23. The van der Waals surface area contributed by atoms with Crippen LogP contribution in [0.25, 0.3) is 0 Å². The van der Waals surface area contributed by atoms with Crippen LogP contribution in [0.5, 0.6) is 0 Å². The molecule has 0 saturated heterocycles. The summed E-state index contributed by atoms with van der Waals surface area (Å²) in [5.74, 6) is 0. The number of hydrogen-bond donors (Lipinski definition) is 2. The van der Waals surface area contributed by atoms with Crippen molar-refractivity contribution in [3.05, 3.63) is 35.9 Å². The molecule has 0 bridgehead atoms. The molecule has 108 valence electrons. The van der Waals surface area contributed by atoms with Crippen LogP contribution >= 0.6 is 0 Å². The molecule has 0 aromatic heterocycles. The molecule has 3 unspecified atom stereocenters. The zero-order valence-electron chi connectivity index (χ0n) is 11.7. The third-order valence-electron chi connectivity index (χ3n) is 2.93. The molecule has 1 aromatic rings. The van der Waals surface area contributed by atoms with E-state index in [1.165, 1.54) is 0 Å². The zero-order chi connectivity index (χ0) is 14.1. The molecular weight excluding hydrogens is 244 g/mol. The van der Waals surface area contributed by atoms with Crippen LogP contribution in [0.1, 0.15) is 31.4 Å². The van der Waals surface area contributed by atoms with E-state index in [0.29, 0.717) is 19.4 Å². The van der Waals surface area contributed by atoms with Gasteiger partial charge in [-0.1, -0.05) is 30.3 Å². The monoisotopic (exact) mass is 268 g/mol. The Morgan fingerprint density at radius 3 is 2.37 bits per heavy atom. The van der Waals surface area contributed by atoms with Gasteiger partial charge in [0.25, 0.3) is 0 Å². The van der Waals surface area contributed by atoms with E-state index in [1.807, 2.05) is 37.3 Å². The SMILES string of the molecule is COCC(C)OCC(O)CCC(O)c1ccccc1. The first kappa shape index (κ1) is 16.1. The zero-order valence-corrected chi connectivity index (χ0v) is 11.7. The van der Waals surface area contributed by atoms with Crippen LogP contribution in [0.3, 0.4) is 0 Å². The standard InChI is InChI=1S/C15H24O4/c1-12(10-18-2)19-11-14(16)8-9-15(17)13-6-4-3-5-7-13/h3-7,12,14-17H,8-11H2,1-2H3. The van der Waals surface area contributed by atoms with E-state index in [1.54, 1.807) is 7.11 Å². The molecule has 3 atom stereocenters. The number of aliphatic hydroxyl groups excluding tert-OH is 2. The molecule has 0 radical (unpaired) electrons. The molecule has 0 aliphatic heterocycles. The summed E-state index contributed by atoms with van der Waals surface area (Å²) >= 11 is 0. The van der Waals surface area contributed by atoms with E-state index in [0.717, 1.165) is 5.56 Å². The molecule has 0 aliphatic rings. The lowest BCUT2D eigenvalue weighted by atomic mass is 10.0. The van der Waals surface area contributed by atoms with E-state index < -0.39 is 12.2 Å². The summed E-state index contributed by atoms with van der Waals surface area (Å²) in [6.45, 7) is 2.68. The number of methoxy groups -OCH3 is 1. The molecule has 1 rings (SSSR count). The smallest absolute Gasteiger partial charge is 0.0791 e. The lowest BCUT2D eigenvalue weighted by molar-refractivity contribution is -0.0364. The van der Waals surface area contributed by atoms with Gasteiger partial charge < -0.3 is 19.7 Å². The first-order valence-corrected chi connectivity index (χ1v) is 6.65. The molecule has 0 spiro atoms. The van der Waals surface area contributed by atoms with Crippen molar-refractivity contribution in [1.29, 1.82) is 0 Å². The molecule has 0 heterocycles. The lowest BCUT2D eigenvalue weighted by Gasteiger charge is -2.17. The summed E-state index contributed by atoms with van der Waals surface area (Å²) in [5, 5.41) is 19.7. The van der Waals surface area contributed by atoms with Gasteiger partial charge in [-0.15, -0.1) is 0 Å². The van der Waals surface area contributed by atoms with E-state index in [2.05, 4.69) is 0 Å². The van der Waals surface area contributed by atoms with Crippen LogP contribution in [-0.2, 0) is 9.47 Å². The van der Waals surface area contributed by atoms with Crippen molar-refractivity contribution in [3.63, 3.8) is 0 Å². The van der Waals surface area contributed by atoms with Crippen LogP contribution in [-0.4, -0.2) is 42.7 Å². The second kappa shape index (κ2) is 9.04. The predicted octanol–water partition coefficient (Wildman–Crippen LogP) is 1.91. The molecule has 1 aromatic carbocycles. The van der Waals surface area contributed by atoms with Crippen molar-refractivity contribution in [2.24, 2.45) is 0 Å². The highest BCUT2D eigenvalue weighted by Gasteiger charge is 2.12. The van der Waals surface area contributed by atoms with Crippen LogP contribution in [0, 0.1) is 0 Å². The van der Waals surface area contributed by atoms with Crippen molar-refractivity contribution >= 4 is 0 Å². The van der Waals surface area contributed by atoms with Gasteiger partial charge in [0.1, 0.15) is 0 Å². The maximum absolute atomic E-state index is 9.96. The molecule has 4 heteroatoms. The molecule has 19 heavy (non-hydrogen) atoms. The van der Waals surface area contributed by atoms with Gasteiger partial charge in [-0.25, -0.2) is 0 Å². The Bertz CT molecular complexity index is 328. The van der Waals surface area contributed by atoms with E-state index in [9.17, 15) is 10.2 Å². The number of ether oxygens (including phenoxy) is 2. The number of benzene rings is 1. The summed E-state index contributed by atoms with van der Waals surface area (Å²) in [5.41, 5.74) is 0.878. The summed E-state index contributed by atoms with van der Waals surface area (Å²) in [6, 6.07) is 9.47. The van der Waals surface area contributed by atoms with Crippen molar-refractivity contribution in [2.45, 2.75) is 38.1 Å². The topological polar surface area (TPSA) is 58.9 Å². The molecule has 4 nitrogen and oxygen atoms in total. The average molecular weight is 268 g/mol. The number of aliphatic hydroxyl groups is 2. The first-order chi connectivity index (χ1) is 9.13. The highest BCUT2D eigenvalue weighted by molar-refractivity contribution is 5.17. The number of rotatable bonds is 9. The maximum atomic E-state index is 9.96. The summed E-state index contributed by atoms with van der Waals surface area (Å²) in [7, 11) is 1.62. The third-order valence-corrected chi connectivity index (χ3v) is 2.93. The minimum Gasteiger partial charge on any atom is -0.391 e. The Hall–Kier alpha value is -0.940. The van der Waals surface area contributed by atoms with Crippen molar-refractivity contribution in [3.8, 4) is 0 Å². The van der Waals surface area contributed by atoms with Gasteiger partial charge in [-0.05, 0) is 25.3 Å². The third kappa shape index (κ3) is 6.68. The van der Waals surface area contributed by atoms with Crippen LogP contribution in [0.2, 0.25) is 0 Å². The average Bonchev–Trinajstić information content (AvgIpc) is 2.44. The van der Waals surface area contributed by atoms with Crippen molar-refractivity contribution in [2.75, 3.05) is 20.3 Å². The van der Waals surface area contributed by atoms with Gasteiger partial charge >= 0.3 is 0 Å². The van der Waals surface area contributed by atoms with Gasteiger partial charge in [0.2, 0.25) is 0 Å². The molecule has 2 N–H and O–H groups in total. The van der Waals surface area contributed by atoms with Crippen LogP contribution in [0.4, 0.5) is 0 Å². The molecule has 0 fully saturated rings. The Labute approximate surface area is 115 Å². The summed E-state index contributed by atoms with van der Waals surface area (Å²) in [4.78, 5) is 0. The summed E-state index contributed by atoms with van der Waals surface area (Å²) < 4.78 is 10.4. The maximum Gasteiger partial charge on any atom is 0.0791 e. The largest absolute Gasteiger partial charge is 0.391 e. The first-order valence-electron chi connectivity index (χ1n) is 6.65. The number of hydrogen-bond acceptors (Lipinski definition) is 4. The predicted molar refractivity (Wildman–Crippen MR) is 73.9 cm³/mol. The fourth-order valence-corrected chi connectivity index (χ4v) is 1.83. The molecular formula is C15H24O4. The van der Waals surface area contributed by atoms with Crippen molar-refractivity contribution in [1.82, 2.24) is 0 Å². The Morgan fingerprint density at radius 1 is 1.05 bits per heavy atom. The van der Waals surface area contributed by atoms with Gasteiger partial charge in [-0.2, -0.15) is 0 Å². The molecule has 0 amide bonds. The second-order valence-corrected chi connectivity index (χ2v) is 4.76. The normalized spacial score (nSPS) is 16.0.